The van der Waals surface area contributed by atoms with E-state index in [0.717, 1.165) is 48.3 Å². The summed E-state index contributed by atoms with van der Waals surface area (Å²) in [6.45, 7) is 5.05. The van der Waals surface area contributed by atoms with Gasteiger partial charge in [0, 0.05) is 37.7 Å². The number of benzene rings is 1. The van der Waals surface area contributed by atoms with E-state index in [1.165, 1.54) is 0 Å². The van der Waals surface area contributed by atoms with E-state index in [0.29, 0.717) is 6.54 Å². The smallest absolute Gasteiger partial charge is 0.191 e. The van der Waals surface area contributed by atoms with Crippen LogP contribution in [0.4, 0.5) is 0 Å². The third-order valence-corrected chi connectivity index (χ3v) is 4.07. The number of aromatic nitrogens is 1. The van der Waals surface area contributed by atoms with Crippen molar-refractivity contribution in [3.8, 4) is 10.6 Å². The number of rotatable bonds is 8. The van der Waals surface area contributed by atoms with Crippen LogP contribution in [0.2, 0.25) is 0 Å². The third kappa shape index (κ3) is 7.14. The average molecular weight is 460 g/mol. The lowest BCUT2D eigenvalue weighted by molar-refractivity contribution is 0.195. The predicted molar refractivity (Wildman–Crippen MR) is 112 cm³/mol. The van der Waals surface area contributed by atoms with Crippen molar-refractivity contribution < 1.29 is 4.74 Å². The van der Waals surface area contributed by atoms with Gasteiger partial charge in [0.2, 0.25) is 0 Å². The van der Waals surface area contributed by atoms with Crippen molar-refractivity contribution in [2.45, 2.75) is 19.9 Å². The van der Waals surface area contributed by atoms with E-state index in [2.05, 4.69) is 45.0 Å². The summed E-state index contributed by atoms with van der Waals surface area (Å²) in [7, 11) is 1.71. The fourth-order valence-electron chi connectivity index (χ4n) is 2.02. The number of halogens is 1. The molecule has 132 valence electrons. The molecule has 0 aliphatic heterocycles. The number of methoxy groups -OCH3 is 1. The molecule has 1 aromatic carbocycles. The fraction of sp³-hybridized carbons (Fsp3) is 0.412. The van der Waals surface area contributed by atoms with Crippen molar-refractivity contribution in [2.75, 3.05) is 26.8 Å². The number of hydrogen-bond donors (Lipinski definition) is 2. The first-order valence-corrected chi connectivity index (χ1v) is 8.72. The number of ether oxygens (including phenoxy) is 1. The van der Waals surface area contributed by atoms with Crippen LogP contribution in [0.5, 0.6) is 0 Å². The van der Waals surface area contributed by atoms with Gasteiger partial charge in [0.15, 0.2) is 5.96 Å². The van der Waals surface area contributed by atoms with Gasteiger partial charge in [0.1, 0.15) is 5.01 Å². The molecule has 0 saturated heterocycles. The molecule has 0 unspecified atom stereocenters. The Bertz CT molecular complexity index is 604. The third-order valence-electron chi connectivity index (χ3n) is 3.13. The lowest BCUT2D eigenvalue weighted by Gasteiger charge is -2.10. The van der Waals surface area contributed by atoms with Crippen molar-refractivity contribution in [1.82, 2.24) is 15.6 Å². The quantitative estimate of drug-likeness (QED) is 0.274. The number of nitrogens with zero attached hydrogens (tertiary/aromatic N) is 2. The van der Waals surface area contributed by atoms with Gasteiger partial charge in [-0.05, 0) is 13.3 Å². The first-order chi connectivity index (χ1) is 11.3. The normalized spacial score (nSPS) is 11.0. The Kier molecular flexibility index (Phi) is 10.6. The Labute approximate surface area is 165 Å². The number of thiazole rings is 1. The van der Waals surface area contributed by atoms with E-state index in [4.69, 9.17) is 4.74 Å². The molecule has 0 amide bonds. The van der Waals surface area contributed by atoms with Gasteiger partial charge in [-0.15, -0.1) is 35.3 Å². The van der Waals surface area contributed by atoms with Gasteiger partial charge in [-0.25, -0.2) is 9.98 Å². The molecule has 0 spiro atoms. The van der Waals surface area contributed by atoms with Crippen LogP contribution in [0.25, 0.3) is 10.6 Å². The number of guanidine groups is 1. The van der Waals surface area contributed by atoms with Crippen LogP contribution in [-0.2, 0) is 11.3 Å². The summed E-state index contributed by atoms with van der Waals surface area (Å²) in [4.78, 5) is 9.24. The molecule has 0 bridgehead atoms. The summed E-state index contributed by atoms with van der Waals surface area (Å²) >= 11 is 1.65. The van der Waals surface area contributed by atoms with Crippen LogP contribution >= 0.6 is 35.3 Å². The zero-order chi connectivity index (χ0) is 16.3. The summed E-state index contributed by atoms with van der Waals surface area (Å²) in [5, 5.41) is 9.65. The van der Waals surface area contributed by atoms with Crippen LogP contribution in [0.1, 0.15) is 19.0 Å². The molecule has 24 heavy (non-hydrogen) atoms. The highest BCUT2D eigenvalue weighted by atomic mass is 127. The highest BCUT2D eigenvalue weighted by Crippen LogP contribution is 2.23. The molecule has 2 rings (SSSR count). The average Bonchev–Trinajstić information content (AvgIpc) is 3.06. The van der Waals surface area contributed by atoms with E-state index in [-0.39, 0.29) is 24.0 Å². The lowest BCUT2D eigenvalue weighted by atomic mass is 10.2. The molecule has 1 heterocycles. The molecule has 0 radical (unpaired) electrons. The molecule has 0 saturated carbocycles. The maximum Gasteiger partial charge on any atom is 0.191 e. The van der Waals surface area contributed by atoms with Crippen molar-refractivity contribution in [2.24, 2.45) is 4.99 Å². The van der Waals surface area contributed by atoms with Gasteiger partial charge < -0.3 is 15.4 Å². The Morgan fingerprint density at radius 3 is 2.75 bits per heavy atom. The minimum Gasteiger partial charge on any atom is -0.385 e. The molecule has 0 aliphatic rings. The monoisotopic (exact) mass is 460 g/mol. The summed E-state index contributed by atoms with van der Waals surface area (Å²) in [6.07, 6.45) is 0.954. The van der Waals surface area contributed by atoms with Gasteiger partial charge in [-0.2, -0.15) is 0 Å². The van der Waals surface area contributed by atoms with Crippen molar-refractivity contribution in [1.29, 1.82) is 0 Å². The summed E-state index contributed by atoms with van der Waals surface area (Å²) < 4.78 is 5.05. The maximum absolute atomic E-state index is 5.05. The molecular formula is C17H25IN4OS. The van der Waals surface area contributed by atoms with Gasteiger partial charge >= 0.3 is 0 Å². The number of nitrogens with one attached hydrogen (secondary N) is 2. The van der Waals surface area contributed by atoms with Crippen LogP contribution in [0.3, 0.4) is 0 Å². The zero-order valence-corrected chi connectivity index (χ0v) is 17.3. The van der Waals surface area contributed by atoms with E-state index in [1.54, 1.807) is 18.4 Å². The Balaban J connectivity index is 0.00000288. The molecule has 0 fully saturated rings. The van der Waals surface area contributed by atoms with Gasteiger partial charge in [-0.3, -0.25) is 0 Å². The summed E-state index contributed by atoms with van der Waals surface area (Å²) in [6, 6.07) is 10.2. The van der Waals surface area contributed by atoms with E-state index in [1.807, 2.05) is 18.2 Å². The number of aliphatic imine (C=N–C) groups is 1. The molecular weight excluding hydrogens is 435 g/mol. The highest BCUT2D eigenvalue weighted by Gasteiger charge is 2.04. The Hall–Kier alpha value is -1.19. The van der Waals surface area contributed by atoms with Gasteiger partial charge in [-0.1, -0.05) is 30.3 Å². The first-order valence-electron chi connectivity index (χ1n) is 7.84. The predicted octanol–water partition coefficient (Wildman–Crippen LogP) is 3.52. The van der Waals surface area contributed by atoms with Gasteiger partial charge in [0.05, 0.1) is 12.2 Å². The number of hydrogen-bond acceptors (Lipinski definition) is 4. The molecule has 2 aromatic rings. The lowest BCUT2D eigenvalue weighted by Crippen LogP contribution is -2.38. The molecule has 2 N–H and O–H groups in total. The maximum atomic E-state index is 5.05. The summed E-state index contributed by atoms with van der Waals surface area (Å²) in [5.41, 5.74) is 2.14. The topological polar surface area (TPSA) is 58.5 Å². The van der Waals surface area contributed by atoms with Crippen LogP contribution in [0.15, 0.2) is 40.7 Å². The molecule has 7 heteroatoms. The van der Waals surface area contributed by atoms with E-state index >= 15 is 0 Å². The van der Waals surface area contributed by atoms with E-state index in [9.17, 15) is 0 Å². The SMILES string of the molecule is CCNC(=NCc1csc(-c2ccccc2)n1)NCCCOC.I. The van der Waals surface area contributed by atoms with Crippen molar-refractivity contribution >= 4 is 41.3 Å². The molecule has 0 atom stereocenters. The Morgan fingerprint density at radius 2 is 2.04 bits per heavy atom. The summed E-state index contributed by atoms with van der Waals surface area (Å²) in [5.74, 6) is 0.817. The minimum absolute atomic E-state index is 0. The second-order valence-corrected chi connectivity index (χ2v) is 5.84. The van der Waals surface area contributed by atoms with Crippen LogP contribution in [-0.4, -0.2) is 37.7 Å². The van der Waals surface area contributed by atoms with Crippen LogP contribution in [0, 0.1) is 0 Å². The van der Waals surface area contributed by atoms with Gasteiger partial charge in [0.25, 0.3) is 0 Å². The highest BCUT2D eigenvalue weighted by molar-refractivity contribution is 14.0. The van der Waals surface area contributed by atoms with Crippen LogP contribution < -0.4 is 10.6 Å². The van der Waals surface area contributed by atoms with Crippen molar-refractivity contribution in [3.63, 3.8) is 0 Å². The second-order valence-electron chi connectivity index (χ2n) is 4.98. The first kappa shape index (κ1) is 20.9. The molecule has 5 nitrogen and oxygen atoms in total. The standard InChI is InChI=1S/C17H24N4OS.HI/c1-3-18-17(19-10-7-11-22-2)20-12-15-13-23-16(21-15)14-8-5-4-6-9-14;/h4-6,8-9,13H,3,7,10-12H2,1-2H3,(H2,18,19,20);1H. The molecule has 0 aliphatic carbocycles. The largest absolute Gasteiger partial charge is 0.385 e. The van der Waals surface area contributed by atoms with E-state index < -0.39 is 0 Å². The second kappa shape index (κ2) is 12.2. The molecule has 1 aromatic heterocycles. The minimum atomic E-state index is 0. The zero-order valence-electron chi connectivity index (χ0n) is 14.1. The van der Waals surface area contributed by atoms with Crippen molar-refractivity contribution in [3.05, 3.63) is 41.4 Å². The Morgan fingerprint density at radius 1 is 1.25 bits per heavy atom. The fourth-order valence-corrected chi connectivity index (χ4v) is 2.84.